The maximum absolute atomic E-state index is 13.4. The molecule has 2 rings (SSSR count). The number of carbonyl (C=O) groups is 1. The second-order valence-electron chi connectivity index (χ2n) is 4.06. The number of carbonyl (C=O) groups excluding carboxylic acids is 1. The number of rotatable bonds is 4. The van der Waals surface area contributed by atoms with Crippen molar-refractivity contribution >= 4 is 23.1 Å². The molecule has 7 nitrogen and oxygen atoms in total. The molecule has 0 spiro atoms. The molecule has 0 bridgehead atoms. The molecule has 1 aromatic carbocycles. The van der Waals surface area contributed by atoms with Gasteiger partial charge in [-0.1, -0.05) is 0 Å². The third-order valence-electron chi connectivity index (χ3n) is 2.68. The van der Waals surface area contributed by atoms with Crippen LogP contribution in [0.4, 0.5) is 21.6 Å². The van der Waals surface area contributed by atoms with Crippen LogP contribution in [0, 0.1) is 15.9 Å². The van der Waals surface area contributed by atoms with Crippen molar-refractivity contribution in [3.63, 3.8) is 0 Å². The van der Waals surface area contributed by atoms with Gasteiger partial charge in [-0.3, -0.25) is 14.9 Å². The molecule has 0 aliphatic rings. The summed E-state index contributed by atoms with van der Waals surface area (Å²) in [5.41, 5.74) is -0.235. The number of nitro benzene ring substituents is 1. The topological polar surface area (TPSA) is 97.2 Å². The zero-order chi connectivity index (χ0) is 15.4. The highest BCUT2D eigenvalue weighted by Crippen LogP contribution is 2.21. The molecule has 1 aromatic heterocycles. The number of anilines is 2. The fraction of sp³-hybridized carbons (Fsp3) is 0.0769. The van der Waals surface area contributed by atoms with Crippen LogP contribution in [0.15, 0.2) is 36.5 Å². The SMILES string of the molecule is CNc1ccc(C(=O)Nc2ccc([N+](=O)[O-])c(F)c2)cn1. The van der Waals surface area contributed by atoms with Gasteiger partial charge in [0.05, 0.1) is 10.5 Å². The van der Waals surface area contributed by atoms with Gasteiger partial charge in [0.1, 0.15) is 5.82 Å². The van der Waals surface area contributed by atoms with E-state index < -0.39 is 22.3 Å². The van der Waals surface area contributed by atoms with Gasteiger partial charge in [0.15, 0.2) is 0 Å². The van der Waals surface area contributed by atoms with Crippen LogP contribution in [0.25, 0.3) is 0 Å². The van der Waals surface area contributed by atoms with Gasteiger partial charge in [0.2, 0.25) is 5.82 Å². The predicted molar refractivity (Wildman–Crippen MR) is 74.8 cm³/mol. The highest BCUT2D eigenvalue weighted by molar-refractivity contribution is 6.04. The van der Waals surface area contributed by atoms with E-state index in [9.17, 15) is 19.3 Å². The summed E-state index contributed by atoms with van der Waals surface area (Å²) in [4.78, 5) is 25.6. The first-order valence-electron chi connectivity index (χ1n) is 5.90. The molecule has 0 aliphatic carbocycles. The highest BCUT2D eigenvalue weighted by atomic mass is 19.1. The van der Waals surface area contributed by atoms with Crippen LogP contribution >= 0.6 is 0 Å². The largest absolute Gasteiger partial charge is 0.373 e. The Morgan fingerprint density at radius 1 is 1.33 bits per heavy atom. The Labute approximate surface area is 119 Å². The number of nitrogens with one attached hydrogen (secondary N) is 2. The highest BCUT2D eigenvalue weighted by Gasteiger charge is 2.15. The number of nitro groups is 1. The van der Waals surface area contributed by atoms with Crippen molar-refractivity contribution in [1.29, 1.82) is 0 Å². The summed E-state index contributed by atoms with van der Waals surface area (Å²) in [5.74, 6) is -0.896. The summed E-state index contributed by atoms with van der Waals surface area (Å²) in [6.45, 7) is 0. The number of benzene rings is 1. The van der Waals surface area contributed by atoms with E-state index in [-0.39, 0.29) is 11.3 Å². The molecule has 0 radical (unpaired) electrons. The third-order valence-corrected chi connectivity index (χ3v) is 2.68. The lowest BCUT2D eigenvalue weighted by molar-refractivity contribution is -0.387. The molecule has 21 heavy (non-hydrogen) atoms. The summed E-state index contributed by atoms with van der Waals surface area (Å²) in [6.07, 6.45) is 1.36. The molecule has 108 valence electrons. The first-order chi connectivity index (χ1) is 10.0. The number of hydrogen-bond acceptors (Lipinski definition) is 5. The Morgan fingerprint density at radius 3 is 2.62 bits per heavy atom. The third kappa shape index (κ3) is 3.30. The van der Waals surface area contributed by atoms with Crippen molar-refractivity contribution in [1.82, 2.24) is 4.98 Å². The molecule has 0 saturated carbocycles. The van der Waals surface area contributed by atoms with Crippen molar-refractivity contribution < 1.29 is 14.1 Å². The first kappa shape index (κ1) is 14.4. The van der Waals surface area contributed by atoms with Crippen LogP contribution < -0.4 is 10.6 Å². The normalized spacial score (nSPS) is 10.0. The monoisotopic (exact) mass is 290 g/mol. The van der Waals surface area contributed by atoms with Crippen LogP contribution in [0.3, 0.4) is 0 Å². The van der Waals surface area contributed by atoms with Crippen LogP contribution in [0.5, 0.6) is 0 Å². The minimum absolute atomic E-state index is 0.126. The van der Waals surface area contributed by atoms with E-state index in [0.717, 1.165) is 12.1 Å². The van der Waals surface area contributed by atoms with E-state index in [2.05, 4.69) is 15.6 Å². The van der Waals surface area contributed by atoms with Gasteiger partial charge >= 0.3 is 5.69 Å². The minimum Gasteiger partial charge on any atom is -0.373 e. The average molecular weight is 290 g/mol. The van der Waals surface area contributed by atoms with Gasteiger partial charge in [-0.25, -0.2) is 4.98 Å². The lowest BCUT2D eigenvalue weighted by atomic mass is 10.2. The van der Waals surface area contributed by atoms with Crippen molar-refractivity contribution in [2.75, 3.05) is 17.7 Å². The molecule has 1 heterocycles. The molecule has 1 amide bonds. The molecular formula is C13H11FN4O3. The Kier molecular flexibility index (Phi) is 4.07. The van der Waals surface area contributed by atoms with E-state index >= 15 is 0 Å². The van der Waals surface area contributed by atoms with Crippen LogP contribution in [0.1, 0.15) is 10.4 Å². The minimum atomic E-state index is -1.01. The fourth-order valence-corrected chi connectivity index (χ4v) is 1.61. The Hall–Kier alpha value is -3.03. The standard InChI is InChI=1S/C13H11FN4O3/c1-15-12-5-2-8(7-16-12)13(19)17-9-3-4-11(18(20)21)10(14)6-9/h2-7H,1H3,(H,15,16)(H,17,19). The quantitative estimate of drug-likeness (QED) is 0.665. The lowest BCUT2D eigenvalue weighted by Crippen LogP contribution is -2.12. The van der Waals surface area contributed by atoms with E-state index in [1.54, 1.807) is 19.2 Å². The van der Waals surface area contributed by atoms with Gasteiger partial charge in [-0.05, 0) is 18.2 Å². The second kappa shape index (κ2) is 5.95. The van der Waals surface area contributed by atoms with Gasteiger partial charge in [-0.2, -0.15) is 4.39 Å². The fourth-order valence-electron chi connectivity index (χ4n) is 1.61. The predicted octanol–water partition coefficient (Wildman–Crippen LogP) is 2.42. The summed E-state index contributed by atoms with van der Waals surface area (Å²) in [7, 11) is 1.70. The molecule has 2 N–H and O–H groups in total. The molecule has 0 aliphatic heterocycles. The van der Waals surface area contributed by atoms with Crippen molar-refractivity contribution in [2.45, 2.75) is 0 Å². The van der Waals surface area contributed by atoms with E-state index in [1.165, 1.54) is 12.3 Å². The zero-order valence-electron chi connectivity index (χ0n) is 11.0. The Morgan fingerprint density at radius 2 is 2.10 bits per heavy atom. The van der Waals surface area contributed by atoms with Gasteiger partial charge in [0, 0.05) is 31.1 Å². The molecule has 0 saturated heterocycles. The van der Waals surface area contributed by atoms with Gasteiger partial charge in [-0.15, -0.1) is 0 Å². The molecule has 0 fully saturated rings. The molecule has 0 unspecified atom stereocenters. The van der Waals surface area contributed by atoms with E-state index in [1.807, 2.05) is 0 Å². The number of nitrogens with zero attached hydrogens (tertiary/aromatic N) is 2. The number of pyridine rings is 1. The number of hydrogen-bond donors (Lipinski definition) is 2. The Balaban J connectivity index is 2.15. The molecule has 2 aromatic rings. The van der Waals surface area contributed by atoms with E-state index in [0.29, 0.717) is 5.82 Å². The molecule has 0 atom stereocenters. The Bertz CT molecular complexity index is 688. The lowest BCUT2D eigenvalue weighted by Gasteiger charge is -2.06. The maximum Gasteiger partial charge on any atom is 0.304 e. The van der Waals surface area contributed by atoms with Gasteiger partial charge < -0.3 is 10.6 Å². The second-order valence-corrected chi connectivity index (χ2v) is 4.06. The zero-order valence-corrected chi connectivity index (χ0v) is 11.0. The van der Waals surface area contributed by atoms with Crippen molar-refractivity contribution in [3.8, 4) is 0 Å². The van der Waals surface area contributed by atoms with Crippen molar-refractivity contribution in [3.05, 3.63) is 58.0 Å². The van der Waals surface area contributed by atoms with Crippen LogP contribution in [0.2, 0.25) is 0 Å². The average Bonchev–Trinajstić information content (AvgIpc) is 2.47. The maximum atomic E-state index is 13.4. The molecule has 8 heteroatoms. The van der Waals surface area contributed by atoms with Crippen molar-refractivity contribution in [2.24, 2.45) is 0 Å². The van der Waals surface area contributed by atoms with Crippen LogP contribution in [-0.2, 0) is 0 Å². The first-order valence-corrected chi connectivity index (χ1v) is 5.90. The number of amides is 1. The summed E-state index contributed by atoms with van der Waals surface area (Å²) in [6, 6.07) is 6.31. The smallest absolute Gasteiger partial charge is 0.304 e. The summed E-state index contributed by atoms with van der Waals surface area (Å²) in [5, 5.41) is 15.8. The van der Waals surface area contributed by atoms with Crippen LogP contribution in [-0.4, -0.2) is 22.9 Å². The summed E-state index contributed by atoms with van der Waals surface area (Å²) < 4.78 is 13.4. The summed E-state index contributed by atoms with van der Waals surface area (Å²) >= 11 is 0. The van der Waals surface area contributed by atoms with E-state index in [4.69, 9.17) is 0 Å². The molecular weight excluding hydrogens is 279 g/mol. The number of halogens is 1. The number of aromatic nitrogens is 1. The van der Waals surface area contributed by atoms with Gasteiger partial charge in [0.25, 0.3) is 5.91 Å².